The summed E-state index contributed by atoms with van der Waals surface area (Å²) in [5.41, 5.74) is 2.95. The van der Waals surface area contributed by atoms with E-state index in [1.165, 1.54) is 0 Å². The van der Waals surface area contributed by atoms with Crippen molar-refractivity contribution in [2.24, 2.45) is 4.99 Å². The van der Waals surface area contributed by atoms with E-state index in [1.807, 2.05) is 67.6 Å². The Morgan fingerprint density at radius 1 is 1.05 bits per heavy atom. The van der Waals surface area contributed by atoms with Crippen LogP contribution in [0.15, 0.2) is 70.1 Å². The highest BCUT2D eigenvalue weighted by molar-refractivity contribution is 5.99. The zero-order valence-electron chi connectivity index (χ0n) is 12.2. The Bertz CT molecular complexity index is 777. The Hall–Kier alpha value is -2.88. The molecular formula is C18H16N2O2. The highest BCUT2D eigenvalue weighted by atomic mass is 16.5. The summed E-state index contributed by atoms with van der Waals surface area (Å²) in [4.78, 5) is 8.81. The van der Waals surface area contributed by atoms with E-state index in [4.69, 9.17) is 4.42 Å². The second-order valence-corrected chi connectivity index (χ2v) is 4.93. The molecule has 0 unspecified atom stereocenters. The van der Waals surface area contributed by atoms with Crippen molar-refractivity contribution in [1.82, 2.24) is 4.98 Å². The fourth-order valence-corrected chi connectivity index (χ4v) is 2.12. The number of aromatic nitrogens is 1. The number of hydrogen-bond acceptors (Lipinski definition) is 4. The molecule has 0 aliphatic rings. The second kappa shape index (κ2) is 6.26. The van der Waals surface area contributed by atoms with E-state index in [0.717, 1.165) is 11.1 Å². The van der Waals surface area contributed by atoms with Crippen LogP contribution in [0.2, 0.25) is 0 Å². The summed E-state index contributed by atoms with van der Waals surface area (Å²) in [6, 6.07) is 19.4. The lowest BCUT2D eigenvalue weighted by molar-refractivity contribution is 0.336. The molecule has 4 heteroatoms. The van der Waals surface area contributed by atoms with Gasteiger partial charge in [-0.1, -0.05) is 48.5 Å². The highest BCUT2D eigenvalue weighted by Gasteiger charge is 2.15. The third kappa shape index (κ3) is 3.06. The summed E-state index contributed by atoms with van der Waals surface area (Å²) >= 11 is 0. The molecule has 0 aliphatic carbocycles. The first-order chi connectivity index (χ1) is 10.7. The molecule has 0 saturated carbocycles. The minimum atomic E-state index is -0.201. The van der Waals surface area contributed by atoms with Gasteiger partial charge in [-0.15, -0.1) is 0 Å². The lowest BCUT2D eigenvalue weighted by Gasteiger charge is -1.98. The van der Waals surface area contributed by atoms with Gasteiger partial charge in [-0.2, -0.15) is 0 Å². The molecule has 0 fully saturated rings. The van der Waals surface area contributed by atoms with Gasteiger partial charge in [-0.25, -0.2) is 4.98 Å². The van der Waals surface area contributed by atoms with Gasteiger partial charge < -0.3 is 9.52 Å². The van der Waals surface area contributed by atoms with E-state index in [0.29, 0.717) is 23.8 Å². The van der Waals surface area contributed by atoms with Gasteiger partial charge in [0.1, 0.15) is 0 Å². The first kappa shape index (κ1) is 14.1. The molecule has 22 heavy (non-hydrogen) atoms. The van der Waals surface area contributed by atoms with Gasteiger partial charge >= 0.3 is 5.95 Å². The number of aliphatic imine (C=N–C) groups is 1. The van der Waals surface area contributed by atoms with Gasteiger partial charge in [0.15, 0.2) is 5.69 Å². The predicted octanol–water partition coefficient (Wildman–Crippen LogP) is 4.06. The second-order valence-electron chi connectivity index (χ2n) is 4.93. The van der Waals surface area contributed by atoms with Crippen LogP contribution < -0.4 is 0 Å². The Labute approximate surface area is 128 Å². The number of oxazole rings is 1. The largest absolute Gasteiger partial charge is 0.479 e. The molecule has 4 nitrogen and oxygen atoms in total. The van der Waals surface area contributed by atoms with Gasteiger partial charge in [0.2, 0.25) is 5.89 Å². The number of hydrogen-bond donors (Lipinski definition) is 1. The van der Waals surface area contributed by atoms with Gasteiger partial charge in [-0.05, 0) is 24.6 Å². The Kier molecular flexibility index (Phi) is 4.01. The standard InChI is InChI=1S/C18H16N2O2/c1-13(19-12-14-8-4-2-5-9-14)16-18(21)22-17(20-16)15-10-6-3-7-11-15/h2-11,21H,12H2,1H3. The maximum atomic E-state index is 9.95. The molecule has 0 atom stereocenters. The van der Waals surface area contributed by atoms with Gasteiger partial charge in [0.25, 0.3) is 0 Å². The quantitative estimate of drug-likeness (QED) is 0.738. The minimum absolute atomic E-state index is 0.201. The first-order valence-electron chi connectivity index (χ1n) is 7.04. The van der Waals surface area contributed by atoms with E-state index in [-0.39, 0.29) is 5.95 Å². The van der Waals surface area contributed by atoms with E-state index < -0.39 is 0 Å². The highest BCUT2D eigenvalue weighted by Crippen LogP contribution is 2.26. The van der Waals surface area contributed by atoms with Crippen molar-refractivity contribution in [2.45, 2.75) is 13.5 Å². The van der Waals surface area contributed by atoms with Crippen LogP contribution >= 0.6 is 0 Å². The molecule has 3 aromatic rings. The molecule has 0 spiro atoms. The molecule has 0 radical (unpaired) electrons. The molecule has 2 aromatic carbocycles. The monoisotopic (exact) mass is 292 g/mol. The van der Waals surface area contributed by atoms with Crippen LogP contribution in [-0.4, -0.2) is 15.8 Å². The van der Waals surface area contributed by atoms with Crippen molar-refractivity contribution in [3.63, 3.8) is 0 Å². The van der Waals surface area contributed by atoms with Crippen LogP contribution in [0.25, 0.3) is 11.5 Å². The Balaban J connectivity index is 1.84. The smallest absolute Gasteiger partial charge is 0.312 e. The van der Waals surface area contributed by atoms with Crippen molar-refractivity contribution in [3.05, 3.63) is 71.9 Å². The number of nitrogens with zero attached hydrogens (tertiary/aromatic N) is 2. The Morgan fingerprint density at radius 3 is 2.36 bits per heavy atom. The van der Waals surface area contributed by atoms with Crippen LogP contribution in [0, 0.1) is 0 Å². The maximum Gasteiger partial charge on any atom is 0.312 e. The van der Waals surface area contributed by atoms with Gasteiger partial charge in [-0.3, -0.25) is 4.99 Å². The lowest BCUT2D eigenvalue weighted by atomic mass is 10.2. The molecule has 0 saturated heterocycles. The summed E-state index contributed by atoms with van der Waals surface area (Å²) in [6.45, 7) is 2.36. The molecule has 1 N–H and O–H groups in total. The van der Waals surface area contributed by atoms with Gasteiger partial charge in [0, 0.05) is 5.56 Å². The van der Waals surface area contributed by atoms with Crippen LogP contribution in [0.5, 0.6) is 5.95 Å². The number of rotatable bonds is 4. The van der Waals surface area contributed by atoms with E-state index in [9.17, 15) is 5.11 Å². The maximum absolute atomic E-state index is 9.95. The van der Waals surface area contributed by atoms with E-state index in [1.54, 1.807) is 0 Å². The van der Waals surface area contributed by atoms with Crippen LogP contribution in [0.1, 0.15) is 18.2 Å². The van der Waals surface area contributed by atoms with Crippen molar-refractivity contribution in [2.75, 3.05) is 0 Å². The van der Waals surface area contributed by atoms with Crippen molar-refractivity contribution >= 4 is 5.71 Å². The molecule has 0 amide bonds. The van der Waals surface area contributed by atoms with Crippen LogP contribution in [0.3, 0.4) is 0 Å². The average Bonchev–Trinajstić information content (AvgIpc) is 2.96. The molecule has 0 bridgehead atoms. The molecule has 110 valence electrons. The predicted molar refractivity (Wildman–Crippen MR) is 86.0 cm³/mol. The van der Waals surface area contributed by atoms with Crippen molar-refractivity contribution < 1.29 is 9.52 Å². The zero-order chi connectivity index (χ0) is 15.4. The normalized spacial score (nSPS) is 11.6. The fraction of sp³-hybridized carbons (Fsp3) is 0.111. The number of benzene rings is 2. The average molecular weight is 292 g/mol. The zero-order valence-corrected chi connectivity index (χ0v) is 12.2. The van der Waals surface area contributed by atoms with Crippen molar-refractivity contribution in [3.8, 4) is 17.4 Å². The van der Waals surface area contributed by atoms with Crippen LogP contribution in [0.4, 0.5) is 0 Å². The molecule has 3 rings (SSSR count). The first-order valence-corrected chi connectivity index (χ1v) is 7.04. The topological polar surface area (TPSA) is 58.6 Å². The Morgan fingerprint density at radius 2 is 1.68 bits per heavy atom. The van der Waals surface area contributed by atoms with Gasteiger partial charge in [0.05, 0.1) is 12.3 Å². The third-order valence-corrected chi connectivity index (χ3v) is 3.31. The summed E-state index contributed by atoms with van der Waals surface area (Å²) < 4.78 is 5.34. The van der Waals surface area contributed by atoms with Crippen LogP contribution in [-0.2, 0) is 6.54 Å². The fourth-order valence-electron chi connectivity index (χ4n) is 2.12. The SMILES string of the molecule is CC(=NCc1ccccc1)c1nc(-c2ccccc2)oc1O. The third-order valence-electron chi connectivity index (χ3n) is 3.31. The summed E-state index contributed by atoms with van der Waals surface area (Å²) in [5, 5.41) is 9.95. The summed E-state index contributed by atoms with van der Waals surface area (Å²) in [5.74, 6) is 0.190. The van der Waals surface area contributed by atoms with E-state index in [2.05, 4.69) is 9.98 Å². The summed E-state index contributed by atoms with van der Waals surface area (Å²) in [6.07, 6.45) is 0. The number of aromatic hydroxyl groups is 1. The van der Waals surface area contributed by atoms with Crippen molar-refractivity contribution in [1.29, 1.82) is 0 Å². The van der Waals surface area contributed by atoms with E-state index >= 15 is 0 Å². The molecule has 1 aromatic heterocycles. The molecular weight excluding hydrogens is 276 g/mol. The summed E-state index contributed by atoms with van der Waals surface area (Å²) in [7, 11) is 0. The molecule has 1 heterocycles. The minimum Gasteiger partial charge on any atom is -0.479 e. The molecule has 0 aliphatic heterocycles. The lowest BCUT2D eigenvalue weighted by Crippen LogP contribution is -1.97.